The van der Waals surface area contributed by atoms with E-state index < -0.39 is 0 Å². The number of aryl methyl sites for hydroxylation is 1. The SMILES string of the molecule is COc1cc(N)c2nc(Cl)cc(C)c2c1Oc1ccccc1. The maximum absolute atomic E-state index is 6.08. The van der Waals surface area contributed by atoms with Crippen molar-refractivity contribution in [3.8, 4) is 17.2 Å². The van der Waals surface area contributed by atoms with Crippen molar-refractivity contribution < 1.29 is 9.47 Å². The summed E-state index contributed by atoms with van der Waals surface area (Å²) in [5, 5.41) is 1.19. The molecule has 2 aromatic carbocycles. The van der Waals surface area contributed by atoms with Crippen LogP contribution in [0.4, 0.5) is 5.69 Å². The Labute approximate surface area is 133 Å². The van der Waals surface area contributed by atoms with Gasteiger partial charge in [-0.15, -0.1) is 0 Å². The topological polar surface area (TPSA) is 57.4 Å². The number of nitrogen functional groups attached to an aromatic ring is 1. The lowest BCUT2D eigenvalue weighted by atomic mass is 10.1. The molecular formula is C17H15ClN2O2. The standard InChI is InChI=1S/C17H15ClN2O2/c1-10-8-14(18)20-16-12(19)9-13(21-2)17(15(10)16)22-11-6-4-3-5-7-11/h3-9H,19H2,1-2H3. The molecule has 0 saturated carbocycles. The second kappa shape index (κ2) is 5.73. The van der Waals surface area contributed by atoms with Crippen LogP contribution in [0.1, 0.15) is 5.56 Å². The molecule has 3 aromatic rings. The number of hydrogen-bond donors (Lipinski definition) is 1. The quantitative estimate of drug-likeness (QED) is 0.568. The van der Waals surface area contributed by atoms with E-state index in [9.17, 15) is 0 Å². The van der Waals surface area contributed by atoms with Crippen LogP contribution in [0.5, 0.6) is 17.2 Å². The minimum Gasteiger partial charge on any atom is -0.493 e. The van der Waals surface area contributed by atoms with Gasteiger partial charge in [-0.3, -0.25) is 0 Å². The molecule has 0 amide bonds. The van der Waals surface area contributed by atoms with Gasteiger partial charge in [-0.2, -0.15) is 0 Å². The molecule has 0 aliphatic rings. The number of nitrogens with zero attached hydrogens (tertiary/aromatic N) is 1. The lowest BCUT2D eigenvalue weighted by Gasteiger charge is -2.16. The average Bonchev–Trinajstić information content (AvgIpc) is 2.50. The predicted molar refractivity (Wildman–Crippen MR) is 89.0 cm³/mol. The maximum atomic E-state index is 6.08. The maximum Gasteiger partial charge on any atom is 0.179 e. The average molecular weight is 315 g/mol. The Kier molecular flexibility index (Phi) is 3.77. The van der Waals surface area contributed by atoms with E-state index >= 15 is 0 Å². The van der Waals surface area contributed by atoms with Crippen molar-refractivity contribution in [3.05, 3.63) is 53.2 Å². The highest BCUT2D eigenvalue weighted by molar-refractivity contribution is 6.30. The molecule has 4 nitrogen and oxygen atoms in total. The number of halogens is 1. The van der Waals surface area contributed by atoms with E-state index in [1.807, 2.05) is 37.3 Å². The largest absolute Gasteiger partial charge is 0.493 e. The van der Waals surface area contributed by atoms with Crippen molar-refractivity contribution in [1.29, 1.82) is 0 Å². The van der Waals surface area contributed by atoms with Gasteiger partial charge in [0.1, 0.15) is 10.9 Å². The number of nitrogens with two attached hydrogens (primary N) is 1. The molecule has 0 aliphatic carbocycles. The number of benzene rings is 2. The summed E-state index contributed by atoms with van der Waals surface area (Å²) in [5.41, 5.74) is 8.10. The normalized spacial score (nSPS) is 10.7. The highest BCUT2D eigenvalue weighted by Crippen LogP contribution is 2.42. The fraction of sp³-hybridized carbons (Fsp3) is 0.118. The third-order valence-electron chi connectivity index (χ3n) is 3.38. The lowest BCUT2D eigenvalue weighted by Crippen LogP contribution is -1.98. The van der Waals surface area contributed by atoms with E-state index in [4.69, 9.17) is 26.8 Å². The van der Waals surface area contributed by atoms with Crippen LogP contribution in [0.3, 0.4) is 0 Å². The number of rotatable bonds is 3. The number of ether oxygens (including phenoxy) is 2. The van der Waals surface area contributed by atoms with E-state index in [0.29, 0.717) is 33.6 Å². The fourth-order valence-corrected chi connectivity index (χ4v) is 2.63. The minimum absolute atomic E-state index is 0.396. The predicted octanol–water partition coefficient (Wildman–Crippen LogP) is 4.58. The summed E-state index contributed by atoms with van der Waals surface area (Å²) in [7, 11) is 1.58. The summed E-state index contributed by atoms with van der Waals surface area (Å²) in [4.78, 5) is 4.32. The molecule has 3 rings (SSSR count). The van der Waals surface area contributed by atoms with Crippen molar-refractivity contribution in [2.24, 2.45) is 0 Å². The first-order valence-corrected chi connectivity index (χ1v) is 7.14. The van der Waals surface area contributed by atoms with Crippen molar-refractivity contribution >= 4 is 28.2 Å². The van der Waals surface area contributed by atoms with Crippen LogP contribution >= 0.6 is 11.6 Å². The molecule has 0 aliphatic heterocycles. The fourth-order valence-electron chi connectivity index (χ4n) is 2.39. The molecule has 0 fully saturated rings. The van der Waals surface area contributed by atoms with Crippen LogP contribution in [0, 0.1) is 6.92 Å². The third kappa shape index (κ3) is 2.53. The number of para-hydroxylation sites is 1. The second-order valence-electron chi connectivity index (χ2n) is 4.90. The Morgan fingerprint density at radius 1 is 1.14 bits per heavy atom. The van der Waals surface area contributed by atoms with Crippen molar-refractivity contribution in [2.45, 2.75) is 6.92 Å². The number of anilines is 1. The molecule has 0 radical (unpaired) electrons. The molecule has 1 aromatic heterocycles. The zero-order chi connectivity index (χ0) is 15.7. The number of aromatic nitrogens is 1. The Morgan fingerprint density at radius 3 is 2.55 bits per heavy atom. The number of methoxy groups -OCH3 is 1. The molecule has 0 saturated heterocycles. The van der Waals surface area contributed by atoms with Crippen molar-refractivity contribution in [2.75, 3.05) is 12.8 Å². The van der Waals surface area contributed by atoms with Gasteiger partial charge in [0, 0.05) is 6.07 Å². The Bertz CT molecular complexity index is 835. The number of pyridine rings is 1. The molecule has 1 heterocycles. The molecule has 0 bridgehead atoms. The smallest absolute Gasteiger partial charge is 0.179 e. The number of fused-ring (bicyclic) bond motifs is 1. The van der Waals surface area contributed by atoms with Crippen molar-refractivity contribution in [1.82, 2.24) is 4.98 Å². The summed E-state index contributed by atoms with van der Waals surface area (Å²) >= 11 is 6.04. The van der Waals surface area contributed by atoms with E-state index in [1.54, 1.807) is 19.2 Å². The zero-order valence-electron chi connectivity index (χ0n) is 12.3. The summed E-state index contributed by atoms with van der Waals surface area (Å²) in [6.45, 7) is 1.94. The van der Waals surface area contributed by atoms with Crippen molar-refractivity contribution in [3.63, 3.8) is 0 Å². The van der Waals surface area contributed by atoms with E-state index in [0.717, 1.165) is 10.9 Å². The van der Waals surface area contributed by atoms with E-state index in [2.05, 4.69) is 4.98 Å². The van der Waals surface area contributed by atoms with Gasteiger partial charge in [0.15, 0.2) is 11.5 Å². The molecule has 2 N–H and O–H groups in total. The highest BCUT2D eigenvalue weighted by Gasteiger charge is 2.17. The van der Waals surface area contributed by atoms with Gasteiger partial charge < -0.3 is 15.2 Å². The van der Waals surface area contributed by atoms with Crippen LogP contribution in [-0.2, 0) is 0 Å². The Hall–Kier alpha value is -2.46. The summed E-state index contributed by atoms with van der Waals surface area (Å²) in [6, 6.07) is 13.0. The van der Waals surface area contributed by atoms with Crippen LogP contribution in [0.2, 0.25) is 5.15 Å². The van der Waals surface area contributed by atoms with Gasteiger partial charge in [-0.1, -0.05) is 29.8 Å². The lowest BCUT2D eigenvalue weighted by molar-refractivity contribution is 0.381. The van der Waals surface area contributed by atoms with Crippen LogP contribution in [0.25, 0.3) is 10.9 Å². The van der Waals surface area contributed by atoms with Gasteiger partial charge >= 0.3 is 0 Å². The first-order chi connectivity index (χ1) is 10.6. The van der Waals surface area contributed by atoms with Gasteiger partial charge in [-0.05, 0) is 30.7 Å². The third-order valence-corrected chi connectivity index (χ3v) is 3.57. The molecule has 112 valence electrons. The van der Waals surface area contributed by atoms with Crippen LogP contribution < -0.4 is 15.2 Å². The Morgan fingerprint density at radius 2 is 1.86 bits per heavy atom. The molecular weight excluding hydrogens is 300 g/mol. The molecule has 0 unspecified atom stereocenters. The molecule has 5 heteroatoms. The molecule has 0 atom stereocenters. The van der Waals surface area contributed by atoms with Gasteiger partial charge in [0.25, 0.3) is 0 Å². The van der Waals surface area contributed by atoms with E-state index in [-0.39, 0.29) is 0 Å². The highest BCUT2D eigenvalue weighted by atomic mass is 35.5. The minimum atomic E-state index is 0.396. The second-order valence-corrected chi connectivity index (χ2v) is 5.29. The van der Waals surface area contributed by atoms with Gasteiger partial charge in [-0.25, -0.2) is 4.98 Å². The van der Waals surface area contributed by atoms with E-state index in [1.165, 1.54) is 0 Å². The van der Waals surface area contributed by atoms with Crippen LogP contribution in [0.15, 0.2) is 42.5 Å². The summed E-state index contributed by atoms with van der Waals surface area (Å²) in [6.07, 6.45) is 0. The molecule has 22 heavy (non-hydrogen) atoms. The Balaban J connectivity index is 2.29. The monoisotopic (exact) mass is 314 g/mol. The van der Waals surface area contributed by atoms with Gasteiger partial charge in [0.2, 0.25) is 0 Å². The van der Waals surface area contributed by atoms with Gasteiger partial charge in [0.05, 0.1) is 23.7 Å². The molecule has 0 spiro atoms. The van der Waals surface area contributed by atoms with Crippen LogP contribution in [-0.4, -0.2) is 12.1 Å². The summed E-state index contributed by atoms with van der Waals surface area (Å²) in [5.74, 6) is 1.85. The zero-order valence-corrected chi connectivity index (χ0v) is 13.0. The first kappa shape index (κ1) is 14.5. The summed E-state index contributed by atoms with van der Waals surface area (Å²) < 4.78 is 11.5. The first-order valence-electron chi connectivity index (χ1n) is 6.76. The number of hydrogen-bond acceptors (Lipinski definition) is 4.